The summed E-state index contributed by atoms with van der Waals surface area (Å²) in [5, 5.41) is 11.6. The van der Waals surface area contributed by atoms with Gasteiger partial charge in [-0.1, -0.05) is 5.21 Å². The molecule has 3 heterocycles. The Morgan fingerprint density at radius 2 is 2.14 bits per heavy atom. The molecule has 0 saturated carbocycles. The van der Waals surface area contributed by atoms with Crippen LogP contribution < -0.4 is 9.62 Å². The van der Waals surface area contributed by atoms with Crippen molar-refractivity contribution in [1.29, 1.82) is 0 Å². The van der Waals surface area contributed by atoms with Gasteiger partial charge in [-0.3, -0.25) is 9.36 Å². The van der Waals surface area contributed by atoms with Crippen molar-refractivity contribution in [3.63, 3.8) is 0 Å². The van der Waals surface area contributed by atoms with E-state index >= 15 is 0 Å². The van der Waals surface area contributed by atoms with Crippen molar-refractivity contribution in [2.24, 2.45) is 14.1 Å². The van der Waals surface area contributed by atoms with Crippen molar-refractivity contribution >= 4 is 15.8 Å². The molecule has 0 aliphatic carbocycles. The molecule has 1 atom stereocenters. The SMILES string of the molecule is Cn1cc(S(=O)(=O)NC2CCN(c3ccn(C)n3)C2)nn1. The molecule has 1 N–H and O–H groups in total. The molecule has 1 aliphatic heterocycles. The normalized spacial score (nSPS) is 19.3. The van der Waals surface area contributed by atoms with Crippen LogP contribution in [0.1, 0.15) is 6.42 Å². The maximum absolute atomic E-state index is 12.2. The van der Waals surface area contributed by atoms with Gasteiger partial charge < -0.3 is 4.90 Å². The number of nitrogens with one attached hydrogen (secondary N) is 1. The lowest BCUT2D eigenvalue weighted by Crippen LogP contribution is -2.37. The smallest absolute Gasteiger partial charge is 0.261 e. The zero-order valence-corrected chi connectivity index (χ0v) is 12.7. The first-order valence-electron chi connectivity index (χ1n) is 6.57. The Morgan fingerprint density at radius 1 is 1.33 bits per heavy atom. The molecule has 2 aromatic heterocycles. The third-order valence-corrected chi connectivity index (χ3v) is 4.77. The highest BCUT2D eigenvalue weighted by Gasteiger charge is 2.29. The molecule has 1 fully saturated rings. The molecule has 114 valence electrons. The Labute approximate surface area is 122 Å². The maximum atomic E-state index is 12.2. The Hall–Kier alpha value is -1.94. The zero-order valence-electron chi connectivity index (χ0n) is 11.8. The third-order valence-electron chi connectivity index (χ3n) is 3.39. The molecule has 10 heteroatoms. The number of anilines is 1. The van der Waals surface area contributed by atoms with Gasteiger partial charge in [-0.15, -0.1) is 5.10 Å². The van der Waals surface area contributed by atoms with Crippen LogP contribution in [-0.4, -0.2) is 52.3 Å². The number of hydrogen-bond donors (Lipinski definition) is 1. The largest absolute Gasteiger partial charge is 0.353 e. The molecule has 1 saturated heterocycles. The highest BCUT2D eigenvalue weighted by Crippen LogP contribution is 2.19. The topological polar surface area (TPSA) is 97.9 Å². The summed E-state index contributed by atoms with van der Waals surface area (Å²) < 4.78 is 30.1. The van der Waals surface area contributed by atoms with E-state index < -0.39 is 10.0 Å². The first-order chi connectivity index (χ1) is 9.94. The van der Waals surface area contributed by atoms with Gasteiger partial charge in [0.15, 0.2) is 5.82 Å². The van der Waals surface area contributed by atoms with Gasteiger partial charge in [0, 0.05) is 45.5 Å². The number of sulfonamides is 1. The van der Waals surface area contributed by atoms with E-state index in [-0.39, 0.29) is 11.1 Å². The van der Waals surface area contributed by atoms with E-state index in [1.807, 2.05) is 19.3 Å². The van der Waals surface area contributed by atoms with Gasteiger partial charge in [-0.2, -0.15) is 5.10 Å². The third kappa shape index (κ3) is 2.90. The van der Waals surface area contributed by atoms with Gasteiger partial charge in [-0.05, 0) is 6.42 Å². The van der Waals surface area contributed by atoms with Crippen molar-refractivity contribution in [3.8, 4) is 0 Å². The second-order valence-electron chi connectivity index (χ2n) is 5.13. The molecule has 2 aromatic rings. The fourth-order valence-electron chi connectivity index (χ4n) is 2.37. The molecular weight excluding hydrogens is 294 g/mol. The predicted octanol–water partition coefficient (Wildman–Crippen LogP) is -0.894. The lowest BCUT2D eigenvalue weighted by atomic mass is 10.3. The Kier molecular flexibility index (Phi) is 3.41. The molecule has 1 unspecified atom stereocenters. The minimum atomic E-state index is -3.62. The highest BCUT2D eigenvalue weighted by atomic mass is 32.2. The van der Waals surface area contributed by atoms with Gasteiger partial charge in [0.25, 0.3) is 10.0 Å². The van der Waals surface area contributed by atoms with Gasteiger partial charge in [0.1, 0.15) is 0 Å². The van der Waals surface area contributed by atoms with Crippen LogP contribution in [0.25, 0.3) is 0 Å². The average molecular weight is 311 g/mol. The Bertz CT molecular complexity index is 735. The highest BCUT2D eigenvalue weighted by molar-refractivity contribution is 7.89. The standard InChI is InChI=1S/C11H17N7O2S/c1-16-5-4-10(13-16)18-6-3-9(7-18)14-21(19,20)11-8-17(2)15-12-11/h4-5,8-9,14H,3,6-7H2,1-2H3. The van der Waals surface area contributed by atoms with Gasteiger partial charge in [-0.25, -0.2) is 13.1 Å². The molecular formula is C11H17N7O2S. The summed E-state index contributed by atoms with van der Waals surface area (Å²) in [6.07, 6.45) is 3.98. The Morgan fingerprint density at radius 3 is 2.76 bits per heavy atom. The van der Waals surface area contributed by atoms with Gasteiger partial charge >= 0.3 is 0 Å². The van der Waals surface area contributed by atoms with E-state index in [0.717, 1.165) is 18.8 Å². The van der Waals surface area contributed by atoms with Crippen LogP contribution in [0, 0.1) is 0 Å². The van der Waals surface area contributed by atoms with Crippen molar-refractivity contribution < 1.29 is 8.42 Å². The Balaban J connectivity index is 1.67. The van der Waals surface area contributed by atoms with Crippen LogP contribution in [0.4, 0.5) is 5.82 Å². The van der Waals surface area contributed by atoms with Crippen LogP contribution >= 0.6 is 0 Å². The first-order valence-corrected chi connectivity index (χ1v) is 8.05. The van der Waals surface area contributed by atoms with Crippen LogP contribution in [-0.2, 0) is 24.1 Å². The van der Waals surface area contributed by atoms with E-state index in [2.05, 4.69) is 25.0 Å². The van der Waals surface area contributed by atoms with E-state index in [4.69, 9.17) is 0 Å². The van der Waals surface area contributed by atoms with Crippen LogP contribution in [0.15, 0.2) is 23.5 Å². The number of aryl methyl sites for hydroxylation is 2. The molecule has 0 aromatic carbocycles. The maximum Gasteiger partial charge on any atom is 0.261 e. The van der Waals surface area contributed by atoms with Crippen molar-refractivity contribution in [1.82, 2.24) is 29.5 Å². The minimum absolute atomic E-state index is 0.0544. The van der Waals surface area contributed by atoms with Crippen molar-refractivity contribution in [2.75, 3.05) is 18.0 Å². The molecule has 0 spiro atoms. The number of rotatable bonds is 4. The molecule has 0 bridgehead atoms. The number of nitrogens with zero attached hydrogens (tertiary/aromatic N) is 6. The minimum Gasteiger partial charge on any atom is -0.353 e. The predicted molar refractivity (Wildman–Crippen MR) is 75.2 cm³/mol. The second-order valence-corrected chi connectivity index (χ2v) is 6.79. The fraction of sp³-hybridized carbons (Fsp3) is 0.545. The quantitative estimate of drug-likeness (QED) is 0.786. The molecule has 0 amide bonds. The van der Waals surface area contributed by atoms with Gasteiger partial charge in [0.2, 0.25) is 5.03 Å². The summed E-state index contributed by atoms with van der Waals surface area (Å²) in [5.74, 6) is 0.860. The molecule has 21 heavy (non-hydrogen) atoms. The summed E-state index contributed by atoms with van der Waals surface area (Å²) in [4.78, 5) is 2.06. The first kappa shape index (κ1) is 14.0. The number of hydrogen-bond acceptors (Lipinski definition) is 6. The van der Waals surface area contributed by atoms with Crippen LogP contribution in [0.3, 0.4) is 0 Å². The van der Waals surface area contributed by atoms with E-state index in [1.54, 1.807) is 11.7 Å². The summed E-state index contributed by atoms with van der Waals surface area (Å²) >= 11 is 0. The average Bonchev–Trinajstić information content (AvgIpc) is 3.10. The van der Waals surface area contributed by atoms with E-state index in [9.17, 15) is 8.42 Å². The van der Waals surface area contributed by atoms with Crippen LogP contribution in [0.2, 0.25) is 0 Å². The van der Waals surface area contributed by atoms with Gasteiger partial charge in [0.05, 0.1) is 6.20 Å². The van der Waals surface area contributed by atoms with Crippen molar-refractivity contribution in [3.05, 3.63) is 18.5 Å². The fourth-order valence-corrected chi connectivity index (χ4v) is 3.55. The summed E-state index contributed by atoms with van der Waals surface area (Å²) in [7, 11) is -0.136. The molecule has 9 nitrogen and oxygen atoms in total. The monoisotopic (exact) mass is 311 g/mol. The zero-order chi connectivity index (χ0) is 15.0. The molecule has 0 radical (unpaired) electrons. The lowest BCUT2D eigenvalue weighted by molar-refractivity contribution is 0.557. The van der Waals surface area contributed by atoms with E-state index in [1.165, 1.54) is 10.9 Å². The second kappa shape index (κ2) is 5.11. The summed E-state index contributed by atoms with van der Waals surface area (Å²) in [6, 6.07) is 1.76. The van der Waals surface area contributed by atoms with E-state index in [0.29, 0.717) is 6.54 Å². The van der Waals surface area contributed by atoms with Crippen molar-refractivity contribution in [2.45, 2.75) is 17.5 Å². The summed E-state index contributed by atoms with van der Waals surface area (Å²) in [6.45, 7) is 1.36. The van der Waals surface area contributed by atoms with Crippen LogP contribution in [0.5, 0.6) is 0 Å². The molecule has 1 aliphatic rings. The lowest BCUT2D eigenvalue weighted by Gasteiger charge is -2.15. The molecule has 3 rings (SSSR count). The number of aromatic nitrogens is 5. The summed E-state index contributed by atoms with van der Waals surface area (Å²) in [5.41, 5.74) is 0.